The molecule has 2 aromatic carbocycles. The third-order valence-electron chi connectivity index (χ3n) is 5.03. The number of nitrogens with one attached hydrogen (secondary N) is 3. The van der Waals surface area contributed by atoms with E-state index in [0.29, 0.717) is 22.4 Å². The first-order chi connectivity index (χ1) is 17.5. The van der Waals surface area contributed by atoms with Crippen LogP contribution in [-0.2, 0) is 17.4 Å². The Morgan fingerprint density at radius 1 is 1.11 bits per heavy atom. The second-order valence-corrected chi connectivity index (χ2v) is 9.24. The lowest BCUT2D eigenvalue weighted by atomic mass is 10.2. The summed E-state index contributed by atoms with van der Waals surface area (Å²) < 4.78 is 40.7. The van der Waals surface area contributed by atoms with Crippen molar-refractivity contribution in [2.75, 3.05) is 11.1 Å². The van der Waals surface area contributed by atoms with E-state index in [1.807, 2.05) is 25.1 Å². The first-order valence-electron chi connectivity index (χ1n) is 10.6. The number of nitrogens with zero attached hydrogens (tertiary/aromatic N) is 3. The van der Waals surface area contributed by atoms with E-state index in [4.69, 9.17) is 11.6 Å². The van der Waals surface area contributed by atoms with Gasteiger partial charge in [-0.3, -0.25) is 19.1 Å². The number of aryl methyl sites for hydroxylation is 1. The number of anilines is 1. The third kappa shape index (κ3) is 6.49. The summed E-state index contributed by atoms with van der Waals surface area (Å²) in [6.07, 6.45) is -4.53. The van der Waals surface area contributed by atoms with Gasteiger partial charge in [0, 0.05) is 23.9 Å². The van der Waals surface area contributed by atoms with E-state index >= 15 is 0 Å². The number of hydrogen-bond donors (Lipinski definition) is 3. The van der Waals surface area contributed by atoms with Crippen LogP contribution in [0.5, 0.6) is 0 Å². The second kappa shape index (κ2) is 10.6. The van der Waals surface area contributed by atoms with Crippen molar-refractivity contribution in [1.82, 2.24) is 24.7 Å². The predicted octanol–water partition coefficient (Wildman–Crippen LogP) is 3.95. The average molecular weight is 551 g/mol. The molecule has 1 amide bonds. The molecule has 2 heterocycles. The standard InChI is InChI=1S/C23H18ClF3N6O3S/c1-12-3-2-4-15(7-12)33-18(9-14-10-19(34)30-21(36)28-14)31-32-22(33)37-11-20(35)29-17-8-13(23(25,26)27)5-6-16(17)24/h2-8,10H,9,11H2,1H3,(H,29,35)(H2,28,30,34,36). The number of H-pyrrole nitrogens is 2. The minimum atomic E-state index is -4.59. The number of thioether (sulfide) groups is 1. The fourth-order valence-corrected chi connectivity index (χ4v) is 4.37. The van der Waals surface area contributed by atoms with Gasteiger partial charge in [-0.05, 0) is 42.8 Å². The molecule has 9 nitrogen and oxygen atoms in total. The fraction of sp³-hybridized carbons (Fsp3) is 0.174. The quantitative estimate of drug-likeness (QED) is 0.299. The Hall–Kier alpha value is -3.84. The smallest absolute Gasteiger partial charge is 0.324 e. The van der Waals surface area contributed by atoms with E-state index in [1.54, 1.807) is 10.6 Å². The molecule has 0 fully saturated rings. The maximum absolute atomic E-state index is 13.0. The van der Waals surface area contributed by atoms with E-state index in [0.717, 1.165) is 35.5 Å². The van der Waals surface area contributed by atoms with Crippen molar-refractivity contribution < 1.29 is 18.0 Å². The molecule has 0 atom stereocenters. The summed E-state index contributed by atoms with van der Waals surface area (Å²) in [5.41, 5.74) is -0.416. The molecule has 4 rings (SSSR count). The molecule has 0 saturated heterocycles. The molecule has 0 aliphatic heterocycles. The van der Waals surface area contributed by atoms with E-state index < -0.39 is 28.9 Å². The molecule has 37 heavy (non-hydrogen) atoms. The van der Waals surface area contributed by atoms with Crippen molar-refractivity contribution in [2.45, 2.75) is 24.7 Å². The van der Waals surface area contributed by atoms with E-state index in [1.165, 1.54) is 6.07 Å². The molecule has 0 unspecified atom stereocenters. The molecule has 0 spiro atoms. The van der Waals surface area contributed by atoms with Crippen LogP contribution in [0.15, 0.2) is 63.3 Å². The Morgan fingerprint density at radius 2 is 1.89 bits per heavy atom. The number of rotatable bonds is 7. The van der Waals surface area contributed by atoms with Crippen LogP contribution in [0, 0.1) is 6.92 Å². The van der Waals surface area contributed by atoms with Gasteiger partial charge < -0.3 is 10.3 Å². The summed E-state index contributed by atoms with van der Waals surface area (Å²) in [6.45, 7) is 1.89. The fourth-order valence-electron chi connectivity index (χ4n) is 3.43. The van der Waals surface area contributed by atoms with Crippen LogP contribution >= 0.6 is 23.4 Å². The van der Waals surface area contributed by atoms with Crippen molar-refractivity contribution in [1.29, 1.82) is 0 Å². The molecule has 0 saturated carbocycles. The van der Waals surface area contributed by atoms with Crippen LogP contribution in [0.1, 0.15) is 22.6 Å². The maximum atomic E-state index is 13.0. The van der Waals surface area contributed by atoms with Gasteiger partial charge in [0.05, 0.1) is 22.0 Å². The Labute approximate surface area is 216 Å². The van der Waals surface area contributed by atoms with Gasteiger partial charge >= 0.3 is 11.9 Å². The predicted molar refractivity (Wildman–Crippen MR) is 132 cm³/mol. The van der Waals surface area contributed by atoms with Crippen LogP contribution in [0.3, 0.4) is 0 Å². The molecule has 3 N–H and O–H groups in total. The van der Waals surface area contributed by atoms with E-state index in [-0.39, 0.29) is 22.9 Å². The molecular weight excluding hydrogens is 533 g/mol. The van der Waals surface area contributed by atoms with Gasteiger partial charge in [-0.15, -0.1) is 10.2 Å². The minimum Gasteiger partial charge on any atom is -0.324 e. The second-order valence-electron chi connectivity index (χ2n) is 7.89. The summed E-state index contributed by atoms with van der Waals surface area (Å²) in [5.74, 6) is -0.431. The lowest BCUT2D eigenvalue weighted by Crippen LogP contribution is -2.23. The lowest BCUT2D eigenvalue weighted by molar-refractivity contribution is -0.137. The molecule has 0 aliphatic rings. The van der Waals surface area contributed by atoms with Crippen molar-refractivity contribution >= 4 is 35.0 Å². The average Bonchev–Trinajstić information content (AvgIpc) is 3.20. The van der Waals surface area contributed by atoms with Gasteiger partial charge in [0.1, 0.15) is 5.82 Å². The Morgan fingerprint density at radius 3 is 2.59 bits per heavy atom. The van der Waals surface area contributed by atoms with Crippen molar-refractivity contribution in [3.63, 3.8) is 0 Å². The van der Waals surface area contributed by atoms with Crippen LogP contribution < -0.4 is 16.6 Å². The highest BCUT2D eigenvalue weighted by Gasteiger charge is 2.31. The van der Waals surface area contributed by atoms with Crippen molar-refractivity contribution in [3.05, 3.63) is 97.0 Å². The summed E-state index contributed by atoms with van der Waals surface area (Å²) >= 11 is 6.97. The largest absolute Gasteiger partial charge is 0.416 e. The number of benzene rings is 2. The molecule has 2 aromatic heterocycles. The zero-order valence-corrected chi connectivity index (χ0v) is 20.6. The molecule has 14 heteroatoms. The molecule has 0 aliphatic carbocycles. The zero-order chi connectivity index (χ0) is 26.7. The highest BCUT2D eigenvalue weighted by atomic mass is 35.5. The van der Waals surface area contributed by atoms with Gasteiger partial charge in [0.2, 0.25) is 5.91 Å². The Balaban J connectivity index is 1.58. The highest BCUT2D eigenvalue weighted by Crippen LogP contribution is 2.34. The van der Waals surface area contributed by atoms with E-state index in [2.05, 4.69) is 25.5 Å². The summed E-state index contributed by atoms with van der Waals surface area (Å²) in [5, 5.41) is 11.0. The number of amides is 1. The molecular formula is C23H18ClF3N6O3S. The lowest BCUT2D eigenvalue weighted by Gasteiger charge is -2.12. The van der Waals surface area contributed by atoms with Gasteiger partial charge in [-0.1, -0.05) is 35.5 Å². The van der Waals surface area contributed by atoms with Gasteiger partial charge in [-0.25, -0.2) is 4.79 Å². The number of halogens is 4. The number of hydrogen-bond acceptors (Lipinski definition) is 6. The molecule has 0 radical (unpaired) electrons. The van der Waals surface area contributed by atoms with E-state index in [9.17, 15) is 27.6 Å². The Kier molecular flexibility index (Phi) is 7.55. The van der Waals surface area contributed by atoms with Crippen molar-refractivity contribution in [2.24, 2.45) is 0 Å². The van der Waals surface area contributed by atoms with Gasteiger partial charge in [0.15, 0.2) is 5.16 Å². The van der Waals surface area contributed by atoms with Crippen LogP contribution in [0.25, 0.3) is 5.69 Å². The van der Waals surface area contributed by atoms with Crippen LogP contribution in [-0.4, -0.2) is 36.4 Å². The van der Waals surface area contributed by atoms with Crippen molar-refractivity contribution in [3.8, 4) is 5.69 Å². The number of aromatic amines is 2. The number of carbonyl (C=O) groups is 1. The van der Waals surface area contributed by atoms with Gasteiger partial charge in [0.25, 0.3) is 5.56 Å². The zero-order valence-electron chi connectivity index (χ0n) is 19.0. The topological polar surface area (TPSA) is 126 Å². The molecule has 4 aromatic rings. The first-order valence-corrected chi connectivity index (χ1v) is 12.0. The van der Waals surface area contributed by atoms with Gasteiger partial charge in [-0.2, -0.15) is 13.2 Å². The van der Waals surface area contributed by atoms with Crippen LogP contribution in [0.2, 0.25) is 5.02 Å². The minimum absolute atomic E-state index is 0.0385. The number of alkyl halides is 3. The SMILES string of the molecule is Cc1cccc(-n2c(Cc3cc(=O)[nH]c(=O)[nH]3)nnc2SCC(=O)Nc2cc(C(F)(F)F)ccc2Cl)c1. The highest BCUT2D eigenvalue weighted by molar-refractivity contribution is 7.99. The number of aromatic nitrogens is 5. The summed E-state index contributed by atoms with van der Waals surface area (Å²) in [4.78, 5) is 40.6. The molecule has 192 valence electrons. The number of carbonyl (C=O) groups excluding carboxylic acids is 1. The summed E-state index contributed by atoms with van der Waals surface area (Å²) in [7, 11) is 0. The molecule has 0 bridgehead atoms. The first kappa shape index (κ1) is 26.2. The maximum Gasteiger partial charge on any atom is 0.416 e. The van der Waals surface area contributed by atoms with Crippen LogP contribution in [0.4, 0.5) is 18.9 Å². The summed E-state index contributed by atoms with van der Waals surface area (Å²) in [6, 6.07) is 11.3. The monoisotopic (exact) mass is 550 g/mol. The normalized spacial score (nSPS) is 11.5. The Bertz CT molecular complexity index is 1550. The third-order valence-corrected chi connectivity index (χ3v) is 6.28.